The highest BCUT2D eigenvalue weighted by Gasteiger charge is 2.21. The van der Waals surface area contributed by atoms with Gasteiger partial charge in [0.15, 0.2) is 5.52 Å². The average Bonchev–Trinajstić information content (AvgIpc) is 2.94. The van der Waals surface area contributed by atoms with Gasteiger partial charge in [-0.2, -0.15) is 0 Å². The van der Waals surface area contributed by atoms with Crippen LogP contribution in [0.5, 0.6) is 0 Å². The first kappa shape index (κ1) is 15.8. The van der Waals surface area contributed by atoms with Gasteiger partial charge in [0.25, 0.3) is 5.65 Å². The van der Waals surface area contributed by atoms with Gasteiger partial charge in [-0.25, -0.2) is 4.98 Å². The number of aromatic amines is 1. The van der Waals surface area contributed by atoms with Crippen molar-refractivity contribution in [3.05, 3.63) is 24.3 Å². The van der Waals surface area contributed by atoms with E-state index >= 15 is 0 Å². The molecule has 0 aliphatic carbocycles. The van der Waals surface area contributed by atoms with Crippen LogP contribution in [0.2, 0.25) is 0 Å². The van der Waals surface area contributed by atoms with Crippen LogP contribution in [0.4, 0.5) is 0 Å². The summed E-state index contributed by atoms with van der Waals surface area (Å²) in [6.07, 6.45) is 0. The summed E-state index contributed by atoms with van der Waals surface area (Å²) in [7, 11) is 0. The molecule has 7 heteroatoms. The van der Waals surface area contributed by atoms with Crippen molar-refractivity contribution >= 4 is 33.8 Å². The highest BCUT2D eigenvalue weighted by atomic mass is 32.2. The smallest absolute Gasteiger partial charge is 0.321 e. The number of benzene rings is 1. The van der Waals surface area contributed by atoms with Gasteiger partial charge in [0, 0.05) is 35.9 Å². The number of para-hydroxylation sites is 1. The number of hydrogen-bond donors (Lipinski definition) is 0. The molecule has 2 aromatic heterocycles. The molecular weight excluding hydrogens is 322 g/mol. The first-order chi connectivity index (χ1) is 11.9. The Morgan fingerprint density at radius 2 is 2.00 bits per heavy atom. The molecule has 126 valence electrons. The zero-order valence-electron chi connectivity index (χ0n) is 13.9. The highest BCUT2D eigenvalue weighted by Crippen LogP contribution is 2.25. The van der Waals surface area contributed by atoms with Gasteiger partial charge in [0.2, 0.25) is 0 Å². The van der Waals surface area contributed by atoms with E-state index in [0.717, 1.165) is 66.9 Å². The Labute approximate surface area is 145 Å². The summed E-state index contributed by atoms with van der Waals surface area (Å²) in [5, 5.41) is 10.8. The lowest BCUT2D eigenvalue weighted by atomic mass is 10.2. The second kappa shape index (κ2) is 7.04. The quantitative estimate of drug-likeness (QED) is 0.661. The Kier molecular flexibility index (Phi) is 4.64. The van der Waals surface area contributed by atoms with Crippen molar-refractivity contribution in [1.82, 2.24) is 19.7 Å². The van der Waals surface area contributed by atoms with E-state index in [1.165, 1.54) is 5.52 Å². The highest BCUT2D eigenvalue weighted by molar-refractivity contribution is 7.99. The molecule has 3 heterocycles. The number of thioether (sulfide) groups is 1. The average molecular weight is 344 g/mol. The summed E-state index contributed by atoms with van der Waals surface area (Å²) in [4.78, 5) is 5.94. The fraction of sp³-hybridized carbons (Fsp3) is 0.471. The Bertz CT molecular complexity index is 843. The van der Waals surface area contributed by atoms with Crippen LogP contribution < -0.4 is 4.98 Å². The van der Waals surface area contributed by atoms with Crippen LogP contribution in [0.3, 0.4) is 0 Å². The van der Waals surface area contributed by atoms with Crippen molar-refractivity contribution in [2.75, 3.05) is 38.6 Å². The minimum atomic E-state index is 0.835. The van der Waals surface area contributed by atoms with E-state index in [0.29, 0.717) is 0 Å². The third-order valence-corrected chi connectivity index (χ3v) is 5.18. The van der Waals surface area contributed by atoms with E-state index in [1.54, 1.807) is 11.8 Å². The van der Waals surface area contributed by atoms with E-state index in [4.69, 9.17) is 4.74 Å². The first-order valence-corrected chi connectivity index (χ1v) is 9.45. The molecule has 1 fully saturated rings. The van der Waals surface area contributed by atoms with Crippen LogP contribution in [-0.4, -0.2) is 58.3 Å². The molecule has 0 saturated carbocycles. The molecule has 0 amide bonds. The van der Waals surface area contributed by atoms with E-state index in [1.807, 2.05) is 0 Å². The molecule has 1 aromatic carbocycles. The van der Waals surface area contributed by atoms with Crippen molar-refractivity contribution in [3.63, 3.8) is 0 Å². The summed E-state index contributed by atoms with van der Waals surface area (Å²) in [6, 6.07) is 8.43. The second-order valence-corrected chi connectivity index (χ2v) is 7.14. The second-order valence-electron chi connectivity index (χ2n) is 5.88. The standard InChI is InChI=1S/C17H21N5OS/c1-2-24-17-18-16-15(19-20-17)13-5-3-4-6-14(13)22(16)8-7-21-9-11-23-12-10-21/h3-6H,2,7-12H2,1H3/p+1. The molecule has 0 bridgehead atoms. The van der Waals surface area contributed by atoms with Gasteiger partial charge in [0.05, 0.1) is 19.8 Å². The number of H-pyrrole nitrogens is 1. The zero-order chi connectivity index (χ0) is 16.4. The maximum Gasteiger partial charge on any atom is 0.321 e. The van der Waals surface area contributed by atoms with E-state index in [9.17, 15) is 0 Å². The van der Waals surface area contributed by atoms with Crippen molar-refractivity contribution < 1.29 is 9.72 Å². The summed E-state index contributed by atoms with van der Waals surface area (Å²) < 4.78 is 7.79. The molecule has 0 atom stereocenters. The predicted octanol–water partition coefficient (Wildman–Crippen LogP) is 1.84. The molecule has 6 nitrogen and oxygen atoms in total. The van der Waals surface area contributed by atoms with Gasteiger partial charge in [-0.05, 0) is 12.1 Å². The Hall–Kier alpha value is -1.70. The molecule has 3 aromatic rings. The number of aromatic nitrogens is 4. The number of fused-ring (bicyclic) bond motifs is 3. The third kappa shape index (κ3) is 2.99. The van der Waals surface area contributed by atoms with Crippen LogP contribution in [0, 0.1) is 0 Å². The lowest BCUT2D eigenvalue weighted by Crippen LogP contribution is -2.38. The van der Waals surface area contributed by atoms with Crippen LogP contribution in [0.25, 0.3) is 22.1 Å². The monoisotopic (exact) mass is 344 g/mol. The first-order valence-electron chi connectivity index (χ1n) is 8.46. The molecule has 1 saturated heterocycles. The van der Waals surface area contributed by atoms with Crippen LogP contribution in [-0.2, 0) is 11.3 Å². The maximum atomic E-state index is 5.44. The zero-order valence-corrected chi connectivity index (χ0v) is 14.7. The molecule has 1 aliphatic heterocycles. The van der Waals surface area contributed by atoms with Gasteiger partial charge in [-0.15, -0.1) is 0 Å². The van der Waals surface area contributed by atoms with Crippen molar-refractivity contribution in [1.29, 1.82) is 0 Å². The number of nitrogens with one attached hydrogen (secondary N) is 1. The fourth-order valence-corrected chi connectivity index (χ4v) is 3.78. The Morgan fingerprint density at radius 3 is 2.83 bits per heavy atom. The number of ether oxygens (including phenoxy) is 1. The SMILES string of the molecule is CCSc1nnc2c3ccccc3n(CCN3CCOCC3)c2[nH+]1. The minimum Gasteiger partial charge on any atom is -0.379 e. The number of rotatable bonds is 5. The molecule has 1 N–H and O–H groups in total. The van der Waals surface area contributed by atoms with E-state index in [2.05, 4.69) is 55.8 Å². The summed E-state index contributed by atoms with van der Waals surface area (Å²) in [5.41, 5.74) is 3.23. The van der Waals surface area contributed by atoms with Gasteiger partial charge >= 0.3 is 5.16 Å². The van der Waals surface area contributed by atoms with Gasteiger partial charge in [0.1, 0.15) is 5.52 Å². The van der Waals surface area contributed by atoms with Gasteiger partial charge in [-0.3, -0.25) is 9.47 Å². The third-order valence-electron chi connectivity index (χ3n) is 4.43. The lowest BCUT2D eigenvalue weighted by Gasteiger charge is -2.26. The molecule has 0 radical (unpaired) electrons. The topological polar surface area (TPSA) is 57.3 Å². The van der Waals surface area contributed by atoms with Gasteiger partial charge < -0.3 is 4.74 Å². The van der Waals surface area contributed by atoms with Crippen LogP contribution in [0.1, 0.15) is 6.92 Å². The molecule has 4 rings (SSSR count). The van der Waals surface area contributed by atoms with Crippen LogP contribution >= 0.6 is 11.8 Å². The largest absolute Gasteiger partial charge is 0.379 e. The molecule has 1 aliphatic rings. The molecule has 0 unspecified atom stereocenters. The fourth-order valence-electron chi connectivity index (χ4n) is 3.23. The number of hydrogen-bond acceptors (Lipinski definition) is 5. The van der Waals surface area contributed by atoms with Crippen molar-refractivity contribution in [2.45, 2.75) is 18.6 Å². The van der Waals surface area contributed by atoms with Crippen molar-refractivity contribution in [2.24, 2.45) is 0 Å². The summed E-state index contributed by atoms with van der Waals surface area (Å²) >= 11 is 1.69. The lowest BCUT2D eigenvalue weighted by molar-refractivity contribution is -0.407. The molecular formula is C17H22N5OS+. The molecule has 0 spiro atoms. The van der Waals surface area contributed by atoms with Crippen LogP contribution in [0.15, 0.2) is 29.4 Å². The number of nitrogens with zero attached hydrogens (tertiary/aromatic N) is 4. The number of morpholine rings is 1. The summed E-state index contributed by atoms with van der Waals surface area (Å²) in [5.74, 6) is 0.977. The Balaban J connectivity index is 1.73. The normalized spacial score (nSPS) is 16.2. The minimum absolute atomic E-state index is 0.835. The van der Waals surface area contributed by atoms with Gasteiger partial charge in [-0.1, -0.05) is 35.9 Å². The molecule has 24 heavy (non-hydrogen) atoms. The maximum absolute atomic E-state index is 5.44. The van der Waals surface area contributed by atoms with Crippen molar-refractivity contribution in [3.8, 4) is 0 Å². The summed E-state index contributed by atoms with van der Waals surface area (Å²) in [6.45, 7) is 7.77. The van der Waals surface area contributed by atoms with E-state index < -0.39 is 0 Å². The Morgan fingerprint density at radius 1 is 1.17 bits per heavy atom. The predicted molar refractivity (Wildman–Crippen MR) is 95.2 cm³/mol. The van der Waals surface area contributed by atoms with E-state index in [-0.39, 0.29) is 0 Å².